The number of hydrogen-bond acceptors (Lipinski definition) is 5. The normalized spacial score (nSPS) is 12.6. The lowest BCUT2D eigenvalue weighted by atomic mass is 10.2. The lowest BCUT2D eigenvalue weighted by Crippen LogP contribution is -1.99. The summed E-state index contributed by atoms with van der Waals surface area (Å²) in [4.78, 5) is 9.81. The molecule has 0 saturated carbocycles. The molecule has 0 aliphatic heterocycles. The highest BCUT2D eigenvalue weighted by Gasteiger charge is 2.17. The van der Waals surface area contributed by atoms with E-state index in [-0.39, 0.29) is 0 Å². The van der Waals surface area contributed by atoms with Gasteiger partial charge in [-0.05, 0) is 6.42 Å². The van der Waals surface area contributed by atoms with Crippen molar-refractivity contribution in [2.24, 2.45) is 0 Å². The van der Waals surface area contributed by atoms with Crippen molar-refractivity contribution in [3.63, 3.8) is 0 Å². The van der Waals surface area contributed by atoms with Gasteiger partial charge in [-0.15, -0.1) is 11.3 Å². The van der Waals surface area contributed by atoms with Crippen LogP contribution in [0.2, 0.25) is 0 Å². The Bertz CT molecular complexity index is 815. The van der Waals surface area contributed by atoms with Gasteiger partial charge in [-0.2, -0.15) is 0 Å². The number of nitrogens with zero attached hydrogens (tertiary/aromatic N) is 2. The van der Waals surface area contributed by atoms with E-state index in [2.05, 4.69) is 16.9 Å². The molecular weight excluding hydrogens is 314 g/mol. The lowest BCUT2D eigenvalue weighted by Gasteiger charge is -2.01. The van der Waals surface area contributed by atoms with Crippen LogP contribution < -0.4 is 5.73 Å². The fraction of sp³-hybridized carbons (Fsp3) is 0.250. The van der Waals surface area contributed by atoms with Crippen LogP contribution in [0, 0.1) is 0 Å². The van der Waals surface area contributed by atoms with Crippen LogP contribution in [0.1, 0.15) is 19.8 Å². The van der Waals surface area contributed by atoms with Crippen LogP contribution in [0.5, 0.6) is 0 Å². The van der Waals surface area contributed by atoms with Crippen LogP contribution in [0.4, 0.5) is 5.69 Å². The molecule has 0 radical (unpaired) electrons. The smallest absolute Gasteiger partial charge is 0.145 e. The van der Waals surface area contributed by atoms with Crippen molar-refractivity contribution in [3.8, 4) is 11.3 Å². The molecule has 2 heterocycles. The van der Waals surface area contributed by atoms with E-state index in [1.807, 2.05) is 30.3 Å². The van der Waals surface area contributed by atoms with Crippen LogP contribution in [0.3, 0.4) is 0 Å². The van der Waals surface area contributed by atoms with Gasteiger partial charge in [-0.3, -0.25) is 4.21 Å². The monoisotopic (exact) mass is 331 g/mol. The molecule has 22 heavy (non-hydrogen) atoms. The van der Waals surface area contributed by atoms with Crippen LogP contribution in [-0.2, 0) is 10.8 Å². The van der Waals surface area contributed by atoms with Crippen molar-refractivity contribution in [1.82, 2.24) is 9.97 Å². The number of rotatable bonds is 5. The van der Waals surface area contributed by atoms with Gasteiger partial charge in [0.1, 0.15) is 14.6 Å². The number of benzene rings is 1. The van der Waals surface area contributed by atoms with Crippen molar-refractivity contribution in [2.75, 3.05) is 11.5 Å². The highest BCUT2D eigenvalue weighted by atomic mass is 32.2. The molecule has 0 saturated heterocycles. The zero-order chi connectivity index (χ0) is 15.5. The minimum absolute atomic E-state index is 0.514. The molecule has 0 aliphatic carbocycles. The summed E-state index contributed by atoms with van der Waals surface area (Å²) in [5.41, 5.74) is 9.12. The maximum Gasteiger partial charge on any atom is 0.145 e. The van der Waals surface area contributed by atoms with E-state index in [9.17, 15) is 4.21 Å². The Balaban J connectivity index is 2.02. The van der Waals surface area contributed by atoms with E-state index in [1.165, 1.54) is 11.3 Å². The van der Waals surface area contributed by atoms with E-state index < -0.39 is 10.8 Å². The number of hydrogen-bond donors (Lipinski definition) is 1. The summed E-state index contributed by atoms with van der Waals surface area (Å²) in [5.74, 6) is 0.638. The third-order valence-electron chi connectivity index (χ3n) is 3.36. The van der Waals surface area contributed by atoms with Crippen molar-refractivity contribution in [2.45, 2.75) is 24.0 Å². The molecule has 2 aromatic heterocycles. The van der Waals surface area contributed by atoms with Crippen molar-refractivity contribution in [3.05, 3.63) is 36.5 Å². The Hall–Kier alpha value is -1.79. The molecule has 4 nitrogen and oxygen atoms in total. The molecule has 6 heteroatoms. The Labute approximate surface area is 135 Å². The number of fused-ring (bicyclic) bond motifs is 1. The second kappa shape index (κ2) is 6.54. The molecule has 3 aromatic rings. The van der Waals surface area contributed by atoms with E-state index in [0.717, 1.165) is 28.9 Å². The molecule has 0 amide bonds. The molecule has 3 rings (SSSR count). The molecular formula is C16H17N3OS2. The maximum absolute atomic E-state index is 12.3. The SMILES string of the molecule is CCCCS(=O)c1sc2ncc(-c3ccccc3)nc2c1N. The standard InChI is InChI=1S/C16H17N3OS2/c1-2-3-9-22(20)16-13(17)14-15(21-16)18-10-12(19-14)11-7-5-4-6-8-11/h4-8,10H,2-3,9,17H2,1H3. The summed E-state index contributed by atoms with van der Waals surface area (Å²) in [5, 5.41) is 0. The average molecular weight is 331 g/mol. The fourth-order valence-electron chi connectivity index (χ4n) is 2.15. The van der Waals surface area contributed by atoms with Crippen molar-refractivity contribution in [1.29, 1.82) is 0 Å². The third kappa shape index (κ3) is 2.89. The first-order chi connectivity index (χ1) is 10.7. The van der Waals surface area contributed by atoms with Crippen LogP contribution in [0.15, 0.2) is 40.7 Å². The van der Waals surface area contributed by atoms with Gasteiger partial charge in [0.05, 0.1) is 28.4 Å². The van der Waals surface area contributed by atoms with E-state index in [4.69, 9.17) is 5.73 Å². The molecule has 0 bridgehead atoms. The van der Waals surface area contributed by atoms with E-state index in [1.54, 1.807) is 6.20 Å². The number of aromatic nitrogens is 2. The molecule has 1 unspecified atom stereocenters. The first kappa shape index (κ1) is 15.1. The Morgan fingerprint density at radius 1 is 1.27 bits per heavy atom. The second-order valence-corrected chi connectivity index (χ2v) is 7.75. The minimum atomic E-state index is -1.07. The molecule has 114 valence electrons. The van der Waals surface area contributed by atoms with Gasteiger partial charge in [-0.1, -0.05) is 43.7 Å². The van der Waals surface area contributed by atoms with Crippen LogP contribution in [-0.4, -0.2) is 19.9 Å². The highest BCUT2D eigenvalue weighted by molar-refractivity contribution is 7.87. The number of unbranched alkanes of at least 4 members (excludes halogenated alkanes) is 1. The largest absolute Gasteiger partial charge is 0.395 e. The second-order valence-electron chi connectivity index (χ2n) is 4.98. The third-order valence-corrected chi connectivity index (χ3v) is 6.36. The van der Waals surface area contributed by atoms with Gasteiger partial charge in [0, 0.05) is 11.3 Å². The van der Waals surface area contributed by atoms with E-state index in [0.29, 0.717) is 21.2 Å². The van der Waals surface area contributed by atoms with Gasteiger partial charge in [-0.25, -0.2) is 9.97 Å². The molecule has 1 aromatic carbocycles. The summed E-state index contributed by atoms with van der Waals surface area (Å²) in [7, 11) is -1.07. The van der Waals surface area contributed by atoms with Gasteiger partial charge in [0.15, 0.2) is 0 Å². The molecule has 0 aliphatic rings. The topological polar surface area (TPSA) is 68.9 Å². The van der Waals surface area contributed by atoms with Crippen molar-refractivity contribution < 1.29 is 4.21 Å². The maximum atomic E-state index is 12.3. The first-order valence-corrected chi connectivity index (χ1v) is 9.33. The van der Waals surface area contributed by atoms with Crippen LogP contribution >= 0.6 is 11.3 Å². The first-order valence-electron chi connectivity index (χ1n) is 7.19. The quantitative estimate of drug-likeness (QED) is 0.771. The Morgan fingerprint density at radius 2 is 2.05 bits per heavy atom. The fourth-order valence-corrected chi connectivity index (χ4v) is 4.83. The molecule has 0 fully saturated rings. The predicted molar refractivity (Wildman–Crippen MR) is 93.4 cm³/mol. The summed E-state index contributed by atoms with van der Waals surface area (Å²) in [6.07, 6.45) is 3.69. The highest BCUT2D eigenvalue weighted by Crippen LogP contribution is 2.35. The number of nitrogen functional groups attached to an aromatic ring is 1. The zero-order valence-electron chi connectivity index (χ0n) is 12.3. The lowest BCUT2D eigenvalue weighted by molar-refractivity contribution is 0.681. The summed E-state index contributed by atoms with van der Waals surface area (Å²) in [6, 6.07) is 9.85. The van der Waals surface area contributed by atoms with Gasteiger partial charge >= 0.3 is 0 Å². The van der Waals surface area contributed by atoms with Gasteiger partial charge in [0.25, 0.3) is 0 Å². The predicted octanol–water partition coefficient (Wildman–Crippen LogP) is 3.85. The summed E-state index contributed by atoms with van der Waals surface area (Å²) in [6.45, 7) is 2.08. The Morgan fingerprint density at radius 3 is 2.77 bits per heavy atom. The zero-order valence-corrected chi connectivity index (χ0v) is 13.9. The van der Waals surface area contributed by atoms with Crippen molar-refractivity contribution >= 4 is 38.2 Å². The average Bonchev–Trinajstić information content (AvgIpc) is 2.90. The number of nitrogens with two attached hydrogens (primary N) is 1. The summed E-state index contributed by atoms with van der Waals surface area (Å²) >= 11 is 1.39. The molecule has 0 spiro atoms. The Kier molecular flexibility index (Phi) is 4.49. The molecule has 1 atom stereocenters. The minimum Gasteiger partial charge on any atom is -0.395 e. The van der Waals surface area contributed by atoms with E-state index >= 15 is 0 Å². The number of anilines is 1. The number of thiophene rings is 1. The van der Waals surface area contributed by atoms with Gasteiger partial charge in [0.2, 0.25) is 0 Å². The summed E-state index contributed by atoms with van der Waals surface area (Å²) < 4.78 is 13.0. The van der Waals surface area contributed by atoms with Gasteiger partial charge < -0.3 is 5.73 Å². The molecule has 2 N–H and O–H groups in total. The van der Waals surface area contributed by atoms with Crippen LogP contribution in [0.25, 0.3) is 21.6 Å².